The summed E-state index contributed by atoms with van der Waals surface area (Å²) in [5.41, 5.74) is 1.71. The number of carbonyl (C=O) groups excluding carboxylic acids is 2. The van der Waals surface area contributed by atoms with E-state index < -0.39 is 17.9 Å². The van der Waals surface area contributed by atoms with Crippen molar-refractivity contribution in [3.8, 4) is 0 Å². The number of amides is 1. The van der Waals surface area contributed by atoms with Gasteiger partial charge in [0, 0.05) is 17.5 Å². The summed E-state index contributed by atoms with van der Waals surface area (Å²) in [6.45, 7) is 3.47. The molecule has 5 heteroatoms. The van der Waals surface area contributed by atoms with Crippen LogP contribution >= 0.6 is 0 Å². The van der Waals surface area contributed by atoms with Crippen molar-refractivity contribution in [3.63, 3.8) is 0 Å². The molecule has 1 aromatic carbocycles. The molecule has 0 bridgehead atoms. The van der Waals surface area contributed by atoms with Crippen LogP contribution < -0.4 is 5.32 Å². The highest BCUT2D eigenvalue weighted by Gasteiger charge is 2.28. The maximum atomic E-state index is 12.2. The second kappa shape index (κ2) is 5.45. The molecule has 0 fully saturated rings. The van der Waals surface area contributed by atoms with Gasteiger partial charge in [-0.15, -0.1) is 0 Å². The molecule has 2 N–H and O–H groups in total. The predicted molar refractivity (Wildman–Crippen MR) is 72.8 cm³/mol. The van der Waals surface area contributed by atoms with Crippen LogP contribution in [0.15, 0.2) is 18.2 Å². The van der Waals surface area contributed by atoms with Crippen molar-refractivity contribution < 1.29 is 19.5 Å². The van der Waals surface area contributed by atoms with E-state index in [0.29, 0.717) is 24.0 Å². The molecule has 0 aliphatic heterocycles. The number of fused-ring (bicyclic) bond motifs is 1. The number of benzene rings is 1. The Morgan fingerprint density at radius 1 is 1.25 bits per heavy atom. The van der Waals surface area contributed by atoms with E-state index in [0.717, 1.165) is 5.56 Å². The SMILES string of the molecule is CC(C)[C@H](NC(=O)c1cccc2c1CCC2=O)C(=O)O. The zero-order chi connectivity index (χ0) is 14.9. The number of aliphatic carboxylic acids is 1. The molecular weight excluding hydrogens is 258 g/mol. The molecule has 0 saturated heterocycles. The molecule has 1 aliphatic rings. The molecule has 1 amide bonds. The van der Waals surface area contributed by atoms with Crippen molar-refractivity contribution >= 4 is 17.7 Å². The first kappa shape index (κ1) is 14.2. The molecule has 0 spiro atoms. The maximum Gasteiger partial charge on any atom is 0.326 e. The Bertz CT molecular complexity index is 577. The number of hydrogen-bond acceptors (Lipinski definition) is 3. The first-order valence-electron chi connectivity index (χ1n) is 6.60. The Kier molecular flexibility index (Phi) is 3.88. The van der Waals surface area contributed by atoms with Gasteiger partial charge in [-0.1, -0.05) is 26.0 Å². The number of hydrogen-bond donors (Lipinski definition) is 2. The van der Waals surface area contributed by atoms with E-state index in [4.69, 9.17) is 5.11 Å². The number of ketones is 1. The van der Waals surface area contributed by atoms with Crippen LogP contribution in [0.25, 0.3) is 0 Å². The summed E-state index contributed by atoms with van der Waals surface area (Å²) >= 11 is 0. The molecule has 1 atom stereocenters. The standard InChI is InChI=1S/C15H17NO4/c1-8(2)13(15(19)20)16-14(18)11-5-3-4-10-9(11)6-7-12(10)17/h3-5,8,13H,6-7H2,1-2H3,(H,16,18)(H,19,20)/t13-/m0/s1. The highest BCUT2D eigenvalue weighted by Crippen LogP contribution is 2.25. The third-order valence-electron chi connectivity index (χ3n) is 3.54. The molecule has 20 heavy (non-hydrogen) atoms. The van der Waals surface area contributed by atoms with Gasteiger partial charge in [0.25, 0.3) is 5.91 Å². The van der Waals surface area contributed by atoms with Crippen LogP contribution in [0.4, 0.5) is 0 Å². The lowest BCUT2D eigenvalue weighted by atomic mass is 10.0. The Hall–Kier alpha value is -2.17. The van der Waals surface area contributed by atoms with Crippen molar-refractivity contribution in [1.29, 1.82) is 0 Å². The largest absolute Gasteiger partial charge is 0.480 e. The van der Waals surface area contributed by atoms with Gasteiger partial charge in [0.15, 0.2) is 5.78 Å². The minimum Gasteiger partial charge on any atom is -0.480 e. The van der Waals surface area contributed by atoms with Crippen LogP contribution in [0.5, 0.6) is 0 Å². The molecule has 5 nitrogen and oxygen atoms in total. The Labute approximate surface area is 117 Å². The fourth-order valence-electron chi connectivity index (χ4n) is 2.44. The lowest BCUT2D eigenvalue weighted by molar-refractivity contribution is -0.140. The van der Waals surface area contributed by atoms with E-state index in [1.54, 1.807) is 32.0 Å². The molecule has 0 aromatic heterocycles. The van der Waals surface area contributed by atoms with E-state index in [2.05, 4.69) is 5.32 Å². The molecule has 0 heterocycles. The Morgan fingerprint density at radius 3 is 2.55 bits per heavy atom. The van der Waals surface area contributed by atoms with Gasteiger partial charge in [0.05, 0.1) is 0 Å². The molecule has 1 aliphatic carbocycles. The molecule has 0 unspecified atom stereocenters. The fraction of sp³-hybridized carbons (Fsp3) is 0.400. The zero-order valence-corrected chi connectivity index (χ0v) is 11.5. The highest BCUT2D eigenvalue weighted by atomic mass is 16.4. The van der Waals surface area contributed by atoms with Gasteiger partial charge in [-0.3, -0.25) is 9.59 Å². The van der Waals surface area contributed by atoms with Gasteiger partial charge < -0.3 is 10.4 Å². The Morgan fingerprint density at radius 2 is 1.95 bits per heavy atom. The van der Waals surface area contributed by atoms with Gasteiger partial charge in [0.1, 0.15) is 6.04 Å². The lowest BCUT2D eigenvalue weighted by Gasteiger charge is -2.18. The maximum absolute atomic E-state index is 12.2. The number of rotatable bonds is 4. The van der Waals surface area contributed by atoms with Gasteiger partial charge in [-0.25, -0.2) is 4.79 Å². The number of Topliss-reactive ketones (excluding diaryl/α,β-unsaturated/α-hetero) is 1. The van der Waals surface area contributed by atoms with Crippen LogP contribution in [-0.2, 0) is 11.2 Å². The first-order valence-corrected chi connectivity index (χ1v) is 6.60. The smallest absolute Gasteiger partial charge is 0.326 e. The molecule has 106 valence electrons. The van der Waals surface area contributed by atoms with E-state index in [1.807, 2.05) is 0 Å². The zero-order valence-electron chi connectivity index (χ0n) is 11.5. The summed E-state index contributed by atoms with van der Waals surface area (Å²) < 4.78 is 0. The third kappa shape index (κ3) is 2.57. The van der Waals surface area contributed by atoms with Crippen LogP contribution in [0.3, 0.4) is 0 Å². The van der Waals surface area contributed by atoms with Gasteiger partial charge in [-0.2, -0.15) is 0 Å². The van der Waals surface area contributed by atoms with E-state index in [1.165, 1.54) is 0 Å². The number of nitrogens with one attached hydrogen (secondary N) is 1. The van der Waals surface area contributed by atoms with E-state index in [9.17, 15) is 14.4 Å². The van der Waals surface area contributed by atoms with Gasteiger partial charge in [0.2, 0.25) is 0 Å². The molecule has 1 aromatic rings. The van der Waals surface area contributed by atoms with Crippen molar-refractivity contribution in [2.75, 3.05) is 0 Å². The lowest BCUT2D eigenvalue weighted by Crippen LogP contribution is -2.44. The second-order valence-corrected chi connectivity index (χ2v) is 5.29. The summed E-state index contributed by atoms with van der Waals surface area (Å²) in [5, 5.41) is 11.6. The number of carbonyl (C=O) groups is 3. The Balaban J connectivity index is 2.27. The van der Waals surface area contributed by atoms with E-state index >= 15 is 0 Å². The van der Waals surface area contributed by atoms with Crippen LogP contribution in [-0.4, -0.2) is 28.8 Å². The summed E-state index contributed by atoms with van der Waals surface area (Å²) in [4.78, 5) is 35.0. The molecule has 2 rings (SSSR count). The second-order valence-electron chi connectivity index (χ2n) is 5.29. The number of carboxylic acid groups (broad SMARTS) is 1. The van der Waals surface area contributed by atoms with E-state index in [-0.39, 0.29) is 11.7 Å². The fourth-order valence-corrected chi connectivity index (χ4v) is 2.44. The van der Waals surface area contributed by atoms with Crippen LogP contribution in [0.2, 0.25) is 0 Å². The van der Waals surface area contributed by atoms with Crippen molar-refractivity contribution in [3.05, 3.63) is 34.9 Å². The van der Waals surface area contributed by atoms with Gasteiger partial charge in [-0.05, 0) is 24.0 Å². The van der Waals surface area contributed by atoms with Crippen LogP contribution in [0.1, 0.15) is 46.5 Å². The summed E-state index contributed by atoms with van der Waals surface area (Å²) in [7, 11) is 0. The monoisotopic (exact) mass is 275 g/mol. The summed E-state index contributed by atoms with van der Waals surface area (Å²) in [6, 6.07) is 4.06. The van der Waals surface area contributed by atoms with Crippen molar-refractivity contribution in [1.82, 2.24) is 5.32 Å². The quantitative estimate of drug-likeness (QED) is 0.875. The average Bonchev–Trinajstić information content (AvgIpc) is 2.77. The highest BCUT2D eigenvalue weighted by molar-refractivity contribution is 6.06. The topological polar surface area (TPSA) is 83.5 Å². The van der Waals surface area contributed by atoms with Crippen molar-refractivity contribution in [2.45, 2.75) is 32.7 Å². The molecule has 0 radical (unpaired) electrons. The molecular formula is C15H17NO4. The number of carboxylic acids is 1. The normalized spacial score (nSPS) is 15.1. The summed E-state index contributed by atoms with van der Waals surface area (Å²) in [6.07, 6.45) is 0.948. The van der Waals surface area contributed by atoms with Gasteiger partial charge >= 0.3 is 5.97 Å². The summed E-state index contributed by atoms with van der Waals surface area (Å²) in [5.74, 6) is -1.67. The minimum absolute atomic E-state index is 0.0355. The minimum atomic E-state index is -1.06. The predicted octanol–water partition coefficient (Wildman–Crippen LogP) is 1.65. The first-order chi connectivity index (χ1) is 9.41. The van der Waals surface area contributed by atoms with Crippen molar-refractivity contribution in [2.24, 2.45) is 5.92 Å². The molecule has 0 saturated carbocycles. The third-order valence-corrected chi connectivity index (χ3v) is 3.54. The average molecular weight is 275 g/mol. The van der Waals surface area contributed by atoms with Crippen LogP contribution in [0, 0.1) is 5.92 Å².